The second-order valence-electron chi connectivity index (χ2n) is 2.73. The van der Waals surface area contributed by atoms with Crippen molar-refractivity contribution >= 4 is 34.2 Å². The van der Waals surface area contributed by atoms with Crippen LogP contribution in [0, 0.1) is 11.8 Å². The van der Waals surface area contributed by atoms with E-state index in [1.165, 1.54) is 35.5 Å². The maximum Gasteiger partial charge on any atom is 0.356 e. The Morgan fingerprint density at radius 2 is 2.38 bits per heavy atom. The first-order chi connectivity index (χ1) is 7.61. The van der Waals surface area contributed by atoms with Crippen molar-refractivity contribution in [3.05, 3.63) is 16.1 Å². The summed E-state index contributed by atoms with van der Waals surface area (Å²) >= 11 is 2.41. The largest absolute Gasteiger partial charge is 0.476 e. The van der Waals surface area contributed by atoms with E-state index in [1.807, 2.05) is 0 Å². The standard InChI is InChI=1S/C10H9NO3S2/c1-7(12)15-5-3-2-4-8-9(10(13)14)11-6-16-8/h6H,3,5H2,1H3,(H,13,14). The summed E-state index contributed by atoms with van der Waals surface area (Å²) in [5, 5.41) is 8.82. The van der Waals surface area contributed by atoms with Crippen LogP contribution in [0.5, 0.6) is 0 Å². The van der Waals surface area contributed by atoms with Crippen molar-refractivity contribution < 1.29 is 14.7 Å². The van der Waals surface area contributed by atoms with Crippen LogP contribution in [0.3, 0.4) is 0 Å². The van der Waals surface area contributed by atoms with Gasteiger partial charge < -0.3 is 5.11 Å². The number of carbonyl (C=O) groups is 2. The summed E-state index contributed by atoms with van der Waals surface area (Å²) in [4.78, 5) is 25.5. The Bertz CT molecular complexity index is 456. The number of thiazole rings is 1. The summed E-state index contributed by atoms with van der Waals surface area (Å²) in [7, 11) is 0. The van der Waals surface area contributed by atoms with Crippen molar-refractivity contribution in [3.8, 4) is 11.8 Å². The Morgan fingerprint density at radius 1 is 1.62 bits per heavy atom. The maximum absolute atomic E-state index is 10.7. The van der Waals surface area contributed by atoms with Gasteiger partial charge in [-0.05, 0) is 0 Å². The van der Waals surface area contributed by atoms with Crippen LogP contribution in [0.25, 0.3) is 0 Å². The molecule has 0 saturated carbocycles. The second kappa shape index (κ2) is 6.30. The van der Waals surface area contributed by atoms with Gasteiger partial charge in [-0.15, -0.1) is 11.3 Å². The maximum atomic E-state index is 10.7. The molecule has 6 heteroatoms. The SMILES string of the molecule is CC(=O)SCCC#Cc1scnc1C(=O)O. The van der Waals surface area contributed by atoms with Crippen LogP contribution in [0.1, 0.15) is 28.7 Å². The van der Waals surface area contributed by atoms with Gasteiger partial charge in [0, 0.05) is 19.1 Å². The topological polar surface area (TPSA) is 67.3 Å². The van der Waals surface area contributed by atoms with Crippen LogP contribution in [0.4, 0.5) is 0 Å². The van der Waals surface area contributed by atoms with Crippen LogP contribution in [-0.4, -0.2) is 26.9 Å². The second-order valence-corrected chi connectivity index (χ2v) is 4.85. The van der Waals surface area contributed by atoms with Crippen LogP contribution < -0.4 is 0 Å². The van der Waals surface area contributed by atoms with Gasteiger partial charge in [0.05, 0.1) is 5.51 Å². The first-order valence-corrected chi connectivity index (χ1v) is 6.27. The van der Waals surface area contributed by atoms with E-state index in [0.717, 1.165) is 0 Å². The number of rotatable bonds is 3. The third-order valence-corrected chi connectivity index (χ3v) is 3.06. The number of hydrogen-bond donors (Lipinski definition) is 1. The summed E-state index contributed by atoms with van der Waals surface area (Å²) in [5.74, 6) is 5.13. The minimum atomic E-state index is -1.07. The number of carbonyl (C=O) groups excluding carboxylic acids is 1. The third kappa shape index (κ3) is 4.04. The monoisotopic (exact) mass is 255 g/mol. The van der Waals surface area contributed by atoms with Crippen molar-refractivity contribution in [3.63, 3.8) is 0 Å². The Morgan fingerprint density at radius 3 is 3.00 bits per heavy atom. The lowest BCUT2D eigenvalue weighted by molar-refractivity contribution is -0.109. The average molecular weight is 255 g/mol. The van der Waals surface area contributed by atoms with E-state index in [-0.39, 0.29) is 10.8 Å². The lowest BCUT2D eigenvalue weighted by Crippen LogP contribution is -1.98. The molecule has 16 heavy (non-hydrogen) atoms. The normalized spacial score (nSPS) is 9.31. The summed E-state index contributed by atoms with van der Waals surface area (Å²) in [6.45, 7) is 1.50. The molecule has 0 aromatic carbocycles. The molecule has 0 aliphatic heterocycles. The quantitative estimate of drug-likeness (QED) is 0.659. The zero-order valence-electron chi connectivity index (χ0n) is 8.52. The molecule has 0 saturated heterocycles. The number of aromatic carboxylic acids is 1. The molecule has 84 valence electrons. The third-order valence-electron chi connectivity index (χ3n) is 1.50. The van der Waals surface area contributed by atoms with Crippen molar-refractivity contribution in [2.75, 3.05) is 5.75 Å². The fourth-order valence-corrected chi connectivity index (χ4v) is 2.01. The fraction of sp³-hybridized carbons (Fsp3) is 0.300. The van der Waals surface area contributed by atoms with E-state index in [9.17, 15) is 9.59 Å². The van der Waals surface area contributed by atoms with E-state index in [0.29, 0.717) is 17.1 Å². The summed E-state index contributed by atoms with van der Waals surface area (Å²) < 4.78 is 0. The minimum Gasteiger partial charge on any atom is -0.476 e. The average Bonchev–Trinajstić information content (AvgIpc) is 2.65. The molecule has 0 radical (unpaired) electrons. The summed E-state index contributed by atoms with van der Waals surface area (Å²) in [5.41, 5.74) is 1.45. The Kier molecular flexibility index (Phi) is 5.02. The smallest absolute Gasteiger partial charge is 0.356 e. The van der Waals surface area contributed by atoms with Gasteiger partial charge in [0.2, 0.25) is 0 Å². The number of thioether (sulfide) groups is 1. The van der Waals surface area contributed by atoms with Gasteiger partial charge in [-0.1, -0.05) is 23.6 Å². The van der Waals surface area contributed by atoms with E-state index in [4.69, 9.17) is 5.11 Å². The van der Waals surface area contributed by atoms with E-state index >= 15 is 0 Å². The molecule has 1 rings (SSSR count). The summed E-state index contributed by atoms with van der Waals surface area (Å²) in [6.07, 6.45) is 0.557. The molecular weight excluding hydrogens is 246 g/mol. The van der Waals surface area contributed by atoms with E-state index < -0.39 is 5.97 Å². The molecule has 0 fully saturated rings. The molecular formula is C10H9NO3S2. The number of carboxylic acid groups (broad SMARTS) is 1. The molecule has 0 atom stereocenters. The van der Waals surface area contributed by atoms with Gasteiger partial charge in [-0.2, -0.15) is 0 Å². The molecule has 1 N–H and O–H groups in total. The molecule has 0 amide bonds. The molecule has 0 unspecified atom stereocenters. The highest BCUT2D eigenvalue weighted by molar-refractivity contribution is 8.13. The van der Waals surface area contributed by atoms with Gasteiger partial charge in [-0.25, -0.2) is 9.78 Å². The molecule has 0 spiro atoms. The first kappa shape index (κ1) is 12.7. The predicted molar refractivity (Wildman–Crippen MR) is 63.7 cm³/mol. The number of aromatic nitrogens is 1. The Labute approximate surface area is 101 Å². The molecule has 4 nitrogen and oxygen atoms in total. The van der Waals surface area contributed by atoms with Gasteiger partial charge in [0.15, 0.2) is 10.8 Å². The van der Waals surface area contributed by atoms with Gasteiger partial charge in [-0.3, -0.25) is 4.79 Å². The predicted octanol–water partition coefficient (Wildman–Crippen LogP) is 1.86. The van der Waals surface area contributed by atoms with E-state index in [1.54, 1.807) is 0 Å². The minimum absolute atomic E-state index is 0.00304. The first-order valence-electron chi connectivity index (χ1n) is 4.40. The Hall–Kier alpha value is -1.32. The lowest BCUT2D eigenvalue weighted by atomic mass is 10.3. The zero-order valence-corrected chi connectivity index (χ0v) is 10.2. The lowest BCUT2D eigenvalue weighted by Gasteiger charge is -1.89. The summed E-state index contributed by atoms with van der Waals surface area (Å²) in [6, 6.07) is 0. The molecule has 1 aromatic heterocycles. The number of nitrogens with zero attached hydrogens (tertiary/aromatic N) is 1. The van der Waals surface area contributed by atoms with Crippen LogP contribution >= 0.6 is 23.1 Å². The van der Waals surface area contributed by atoms with Crippen molar-refractivity contribution in [1.82, 2.24) is 4.98 Å². The van der Waals surface area contributed by atoms with Crippen LogP contribution in [0.15, 0.2) is 5.51 Å². The zero-order chi connectivity index (χ0) is 12.0. The molecule has 0 aliphatic rings. The van der Waals surface area contributed by atoms with E-state index in [2.05, 4.69) is 16.8 Å². The highest BCUT2D eigenvalue weighted by Gasteiger charge is 2.10. The number of carboxylic acids is 1. The van der Waals surface area contributed by atoms with Crippen molar-refractivity contribution in [2.24, 2.45) is 0 Å². The van der Waals surface area contributed by atoms with Crippen molar-refractivity contribution in [2.45, 2.75) is 13.3 Å². The van der Waals surface area contributed by atoms with Crippen molar-refractivity contribution in [1.29, 1.82) is 0 Å². The van der Waals surface area contributed by atoms with Gasteiger partial charge >= 0.3 is 5.97 Å². The molecule has 0 bridgehead atoms. The molecule has 1 heterocycles. The van der Waals surface area contributed by atoms with Crippen LogP contribution in [0.2, 0.25) is 0 Å². The van der Waals surface area contributed by atoms with Gasteiger partial charge in [0.1, 0.15) is 4.88 Å². The van der Waals surface area contributed by atoms with Gasteiger partial charge in [0.25, 0.3) is 0 Å². The Balaban J connectivity index is 2.53. The van der Waals surface area contributed by atoms with Crippen LogP contribution in [-0.2, 0) is 4.79 Å². The molecule has 1 aromatic rings. The fourth-order valence-electron chi connectivity index (χ4n) is 0.876. The molecule has 0 aliphatic carbocycles. The highest BCUT2D eigenvalue weighted by atomic mass is 32.2. The highest BCUT2D eigenvalue weighted by Crippen LogP contribution is 2.11. The number of hydrogen-bond acceptors (Lipinski definition) is 5.